The van der Waals surface area contributed by atoms with Crippen LogP contribution in [0, 0.1) is 0 Å². The molecule has 1 aromatic carbocycles. The van der Waals surface area contributed by atoms with Crippen molar-refractivity contribution >= 4 is 5.91 Å². The maximum Gasteiger partial charge on any atom is 0.273 e. The van der Waals surface area contributed by atoms with E-state index in [0.717, 1.165) is 36.3 Å². The summed E-state index contributed by atoms with van der Waals surface area (Å²) in [6.45, 7) is 2.04. The van der Waals surface area contributed by atoms with Crippen molar-refractivity contribution in [3.05, 3.63) is 47.3 Å². The predicted octanol–water partition coefficient (Wildman–Crippen LogP) is 3.44. The molecule has 1 heterocycles. The molecule has 0 spiro atoms. The lowest BCUT2D eigenvalue weighted by Gasteiger charge is -2.17. The van der Waals surface area contributed by atoms with Gasteiger partial charge < -0.3 is 14.6 Å². The van der Waals surface area contributed by atoms with Crippen molar-refractivity contribution in [1.82, 2.24) is 10.5 Å². The second-order valence-electron chi connectivity index (χ2n) is 5.60. The topological polar surface area (TPSA) is 64.4 Å². The molecule has 1 aromatic heterocycles. The van der Waals surface area contributed by atoms with Crippen molar-refractivity contribution in [2.24, 2.45) is 0 Å². The summed E-state index contributed by atoms with van der Waals surface area (Å²) in [7, 11) is 1.64. The third-order valence-electron chi connectivity index (χ3n) is 3.97. The Labute approximate surface area is 129 Å². The number of rotatable bonds is 6. The van der Waals surface area contributed by atoms with E-state index in [1.54, 1.807) is 13.2 Å². The third-order valence-corrected chi connectivity index (χ3v) is 3.97. The van der Waals surface area contributed by atoms with E-state index >= 15 is 0 Å². The maximum absolute atomic E-state index is 12.3. The van der Waals surface area contributed by atoms with Crippen LogP contribution in [0.4, 0.5) is 0 Å². The van der Waals surface area contributed by atoms with Crippen molar-refractivity contribution < 1.29 is 14.1 Å². The fourth-order valence-electron chi connectivity index (χ4n) is 2.45. The molecule has 116 valence electrons. The summed E-state index contributed by atoms with van der Waals surface area (Å²) in [6.07, 6.45) is 3.05. The van der Waals surface area contributed by atoms with Crippen LogP contribution in [0.1, 0.15) is 60.0 Å². The third kappa shape index (κ3) is 3.13. The van der Waals surface area contributed by atoms with E-state index in [4.69, 9.17) is 9.26 Å². The van der Waals surface area contributed by atoms with Gasteiger partial charge in [0.25, 0.3) is 5.91 Å². The minimum absolute atomic E-state index is 0.0560. The number of methoxy groups -OCH3 is 1. The van der Waals surface area contributed by atoms with Gasteiger partial charge >= 0.3 is 0 Å². The number of nitrogens with zero attached hydrogens (tertiary/aromatic N) is 1. The molecule has 1 aliphatic carbocycles. The standard InChI is InChI=1S/C17H20N2O3/c1-3-14(11-6-8-13(21-2)9-7-11)18-17(20)15-10-16(22-19-15)12-4-5-12/h6-10,12,14H,3-5H2,1-2H3,(H,18,20)/t14-/m0/s1. The molecule has 0 unspecified atom stereocenters. The summed E-state index contributed by atoms with van der Waals surface area (Å²) < 4.78 is 10.4. The highest BCUT2D eigenvalue weighted by atomic mass is 16.5. The first-order valence-corrected chi connectivity index (χ1v) is 7.62. The molecule has 22 heavy (non-hydrogen) atoms. The van der Waals surface area contributed by atoms with Crippen molar-refractivity contribution in [3.63, 3.8) is 0 Å². The van der Waals surface area contributed by atoms with E-state index in [1.165, 1.54) is 0 Å². The Morgan fingerprint density at radius 3 is 2.73 bits per heavy atom. The van der Waals surface area contributed by atoms with Gasteiger partial charge in [0.1, 0.15) is 11.5 Å². The second-order valence-corrected chi connectivity index (χ2v) is 5.60. The summed E-state index contributed by atoms with van der Waals surface area (Å²) in [5, 5.41) is 6.89. The maximum atomic E-state index is 12.3. The highest BCUT2D eigenvalue weighted by Crippen LogP contribution is 2.40. The Morgan fingerprint density at radius 2 is 2.14 bits per heavy atom. The van der Waals surface area contributed by atoms with Gasteiger partial charge in [-0.3, -0.25) is 4.79 Å². The summed E-state index contributed by atoms with van der Waals surface area (Å²) in [5.41, 5.74) is 1.40. The lowest BCUT2D eigenvalue weighted by atomic mass is 10.0. The first-order valence-electron chi connectivity index (χ1n) is 7.62. The van der Waals surface area contributed by atoms with Crippen molar-refractivity contribution in [1.29, 1.82) is 0 Å². The van der Waals surface area contributed by atoms with Gasteiger partial charge in [0, 0.05) is 12.0 Å². The molecule has 5 heteroatoms. The summed E-state index contributed by atoms with van der Waals surface area (Å²) in [6, 6.07) is 9.42. The molecule has 5 nitrogen and oxygen atoms in total. The van der Waals surface area contributed by atoms with E-state index in [1.807, 2.05) is 31.2 Å². The minimum Gasteiger partial charge on any atom is -0.497 e. The number of nitrogens with one attached hydrogen (secondary N) is 1. The molecule has 0 bridgehead atoms. The fourth-order valence-corrected chi connectivity index (χ4v) is 2.45. The van der Waals surface area contributed by atoms with Crippen molar-refractivity contribution in [2.75, 3.05) is 7.11 Å². The Kier molecular flexibility index (Phi) is 4.13. The molecule has 3 rings (SSSR count). The molecule has 0 saturated heterocycles. The Hall–Kier alpha value is -2.30. The van der Waals surface area contributed by atoms with Gasteiger partial charge in [-0.05, 0) is 37.0 Å². The fraction of sp³-hybridized carbons (Fsp3) is 0.412. The highest BCUT2D eigenvalue weighted by Gasteiger charge is 2.29. The van der Waals surface area contributed by atoms with Crippen LogP contribution < -0.4 is 10.1 Å². The Bertz CT molecular complexity index is 644. The number of ether oxygens (including phenoxy) is 1. The van der Waals surface area contributed by atoms with Gasteiger partial charge in [-0.2, -0.15) is 0 Å². The van der Waals surface area contributed by atoms with Gasteiger partial charge in [-0.1, -0.05) is 24.2 Å². The average Bonchev–Trinajstić information content (AvgIpc) is 3.29. The number of amides is 1. The minimum atomic E-state index is -0.196. The molecular formula is C17H20N2O3. The van der Waals surface area contributed by atoms with Crippen LogP contribution in [-0.4, -0.2) is 18.2 Å². The largest absolute Gasteiger partial charge is 0.497 e. The first kappa shape index (κ1) is 14.6. The molecule has 1 fully saturated rings. The van der Waals surface area contributed by atoms with E-state index in [9.17, 15) is 4.79 Å². The van der Waals surface area contributed by atoms with Crippen molar-refractivity contribution in [2.45, 2.75) is 38.1 Å². The number of aromatic nitrogens is 1. The SMILES string of the molecule is CC[C@H](NC(=O)c1cc(C2CC2)on1)c1ccc(OC)cc1. The van der Waals surface area contributed by atoms with Crippen LogP contribution in [0.15, 0.2) is 34.9 Å². The number of hydrogen-bond acceptors (Lipinski definition) is 4. The second kappa shape index (κ2) is 6.22. The van der Waals surface area contributed by atoms with Crippen LogP contribution in [0.5, 0.6) is 5.75 Å². The van der Waals surface area contributed by atoms with Gasteiger partial charge in [0.2, 0.25) is 0 Å². The number of carbonyl (C=O) groups excluding carboxylic acids is 1. The molecule has 1 N–H and O–H groups in total. The summed E-state index contributed by atoms with van der Waals surface area (Å²) in [5.74, 6) is 1.88. The molecule has 1 amide bonds. The van der Waals surface area contributed by atoms with Gasteiger partial charge in [-0.25, -0.2) is 0 Å². The Balaban J connectivity index is 1.68. The molecule has 2 aromatic rings. The normalized spacial score (nSPS) is 15.4. The monoisotopic (exact) mass is 300 g/mol. The summed E-state index contributed by atoms with van der Waals surface area (Å²) >= 11 is 0. The first-order chi connectivity index (χ1) is 10.7. The van der Waals surface area contributed by atoms with Gasteiger partial charge in [0.15, 0.2) is 5.69 Å². The smallest absolute Gasteiger partial charge is 0.273 e. The van der Waals surface area contributed by atoms with Crippen molar-refractivity contribution in [3.8, 4) is 5.75 Å². The van der Waals surface area contributed by atoms with E-state index < -0.39 is 0 Å². The van der Waals surface area contributed by atoms with E-state index in [-0.39, 0.29) is 11.9 Å². The van der Waals surface area contributed by atoms with Crippen LogP contribution >= 0.6 is 0 Å². The molecule has 1 saturated carbocycles. The zero-order chi connectivity index (χ0) is 15.5. The average molecular weight is 300 g/mol. The lowest BCUT2D eigenvalue weighted by molar-refractivity contribution is 0.0926. The molecule has 0 aliphatic heterocycles. The lowest BCUT2D eigenvalue weighted by Crippen LogP contribution is -2.28. The predicted molar refractivity (Wildman–Crippen MR) is 82.0 cm³/mol. The Morgan fingerprint density at radius 1 is 1.41 bits per heavy atom. The van der Waals surface area contributed by atoms with E-state index in [0.29, 0.717) is 11.6 Å². The van der Waals surface area contributed by atoms with E-state index in [2.05, 4.69) is 10.5 Å². The van der Waals surface area contributed by atoms with Crippen LogP contribution in [0.25, 0.3) is 0 Å². The van der Waals surface area contributed by atoms with Crippen LogP contribution in [-0.2, 0) is 0 Å². The quantitative estimate of drug-likeness (QED) is 0.887. The molecule has 1 aliphatic rings. The van der Waals surface area contributed by atoms with Gasteiger partial charge in [-0.15, -0.1) is 0 Å². The number of hydrogen-bond donors (Lipinski definition) is 1. The highest BCUT2D eigenvalue weighted by molar-refractivity contribution is 5.92. The van der Waals surface area contributed by atoms with Crippen LogP contribution in [0.2, 0.25) is 0 Å². The zero-order valence-corrected chi connectivity index (χ0v) is 12.8. The van der Waals surface area contributed by atoms with Gasteiger partial charge in [0.05, 0.1) is 13.2 Å². The van der Waals surface area contributed by atoms with Crippen LogP contribution in [0.3, 0.4) is 0 Å². The molecular weight excluding hydrogens is 280 g/mol. The zero-order valence-electron chi connectivity index (χ0n) is 12.8. The number of benzene rings is 1. The molecule has 0 radical (unpaired) electrons. The number of carbonyl (C=O) groups is 1. The summed E-state index contributed by atoms with van der Waals surface area (Å²) in [4.78, 5) is 12.3. The molecule has 1 atom stereocenters.